The molecule has 1 aliphatic rings. The molecule has 5 nitrogen and oxygen atoms in total. The van der Waals surface area contributed by atoms with Crippen LogP contribution in [0.2, 0.25) is 0 Å². The molecule has 16 heavy (non-hydrogen) atoms. The third-order valence-electron chi connectivity index (χ3n) is 2.99. The first-order chi connectivity index (χ1) is 7.86. The number of ketones is 1. The average Bonchev–Trinajstić information content (AvgIpc) is 2.74. The van der Waals surface area contributed by atoms with Gasteiger partial charge in [-0.25, -0.2) is 4.98 Å². The third-order valence-corrected chi connectivity index (χ3v) is 2.99. The highest BCUT2D eigenvalue weighted by atomic mass is 16.1. The van der Waals surface area contributed by atoms with Gasteiger partial charge in [0.15, 0.2) is 5.65 Å². The standard InChI is InChI=1S/C11H12N4O/c16-10-1-2-12-5-8(10)9-6-14-11-7-13-3-4-15(9)11/h3-4,6-8,12H,1-2,5H2. The molecule has 0 aromatic carbocycles. The van der Waals surface area contributed by atoms with Gasteiger partial charge in [-0.2, -0.15) is 0 Å². The van der Waals surface area contributed by atoms with E-state index in [4.69, 9.17) is 0 Å². The lowest BCUT2D eigenvalue weighted by Crippen LogP contribution is -2.35. The van der Waals surface area contributed by atoms with Crippen LogP contribution in [0.3, 0.4) is 0 Å². The molecule has 2 aromatic rings. The third kappa shape index (κ3) is 1.40. The van der Waals surface area contributed by atoms with Crippen LogP contribution in [0.1, 0.15) is 18.0 Å². The van der Waals surface area contributed by atoms with Crippen molar-refractivity contribution < 1.29 is 4.79 Å². The lowest BCUT2D eigenvalue weighted by Gasteiger charge is -2.21. The molecule has 1 unspecified atom stereocenters. The minimum Gasteiger partial charge on any atom is -0.315 e. The Kier molecular flexibility index (Phi) is 2.18. The predicted octanol–water partition coefficient (Wildman–Crippen LogP) is 0.375. The van der Waals surface area contributed by atoms with Crippen LogP contribution in [0.4, 0.5) is 0 Å². The minimum atomic E-state index is -0.0776. The molecule has 3 heterocycles. The van der Waals surface area contributed by atoms with Crippen LogP contribution in [0.25, 0.3) is 5.65 Å². The second-order valence-corrected chi connectivity index (χ2v) is 3.96. The Balaban J connectivity index is 2.08. The predicted molar refractivity (Wildman–Crippen MR) is 58.2 cm³/mol. The van der Waals surface area contributed by atoms with Gasteiger partial charge >= 0.3 is 0 Å². The Morgan fingerprint density at radius 1 is 1.44 bits per heavy atom. The quantitative estimate of drug-likeness (QED) is 0.748. The summed E-state index contributed by atoms with van der Waals surface area (Å²) in [4.78, 5) is 20.1. The lowest BCUT2D eigenvalue weighted by atomic mass is 9.95. The first-order valence-electron chi connectivity index (χ1n) is 5.36. The Morgan fingerprint density at radius 3 is 3.25 bits per heavy atom. The van der Waals surface area contributed by atoms with Crippen LogP contribution in [0.5, 0.6) is 0 Å². The highest BCUT2D eigenvalue weighted by Gasteiger charge is 2.26. The zero-order chi connectivity index (χ0) is 11.0. The summed E-state index contributed by atoms with van der Waals surface area (Å²) in [5.41, 5.74) is 1.74. The van der Waals surface area contributed by atoms with E-state index < -0.39 is 0 Å². The van der Waals surface area contributed by atoms with Gasteiger partial charge in [0.2, 0.25) is 0 Å². The molecule has 0 aliphatic carbocycles. The van der Waals surface area contributed by atoms with E-state index in [-0.39, 0.29) is 11.7 Å². The van der Waals surface area contributed by atoms with Crippen molar-refractivity contribution in [1.29, 1.82) is 0 Å². The highest BCUT2D eigenvalue weighted by Crippen LogP contribution is 2.20. The molecule has 0 bridgehead atoms. The number of carbonyl (C=O) groups is 1. The van der Waals surface area contributed by atoms with E-state index in [1.54, 1.807) is 18.6 Å². The molecule has 1 fully saturated rings. The van der Waals surface area contributed by atoms with E-state index in [0.29, 0.717) is 13.0 Å². The fourth-order valence-corrected chi connectivity index (χ4v) is 2.14. The first kappa shape index (κ1) is 9.47. The van der Waals surface area contributed by atoms with Crippen LogP contribution < -0.4 is 5.32 Å². The number of piperidine rings is 1. The van der Waals surface area contributed by atoms with E-state index in [0.717, 1.165) is 17.9 Å². The van der Waals surface area contributed by atoms with E-state index in [9.17, 15) is 4.79 Å². The summed E-state index contributed by atoms with van der Waals surface area (Å²) in [5.74, 6) is 0.212. The molecule has 0 saturated carbocycles. The van der Waals surface area contributed by atoms with E-state index in [1.807, 2.05) is 10.6 Å². The SMILES string of the molecule is O=C1CCNCC1c1cnc2cnccn12. The molecule has 0 spiro atoms. The van der Waals surface area contributed by atoms with Crippen molar-refractivity contribution in [2.45, 2.75) is 12.3 Å². The number of fused-ring (bicyclic) bond motifs is 1. The van der Waals surface area contributed by atoms with Gasteiger partial charge in [-0.05, 0) is 0 Å². The van der Waals surface area contributed by atoms with Crippen molar-refractivity contribution in [3.63, 3.8) is 0 Å². The fourth-order valence-electron chi connectivity index (χ4n) is 2.14. The van der Waals surface area contributed by atoms with E-state index >= 15 is 0 Å². The summed E-state index contributed by atoms with van der Waals surface area (Å²) in [5, 5.41) is 3.24. The van der Waals surface area contributed by atoms with Gasteiger partial charge in [-0.1, -0.05) is 0 Å². The molecule has 2 aromatic heterocycles. The Hall–Kier alpha value is -1.75. The van der Waals surface area contributed by atoms with Crippen LogP contribution in [0.15, 0.2) is 24.8 Å². The number of imidazole rings is 1. The van der Waals surface area contributed by atoms with Crippen molar-refractivity contribution in [3.8, 4) is 0 Å². The summed E-state index contributed by atoms with van der Waals surface area (Å²) in [6, 6.07) is 0. The zero-order valence-corrected chi connectivity index (χ0v) is 8.76. The number of rotatable bonds is 1. The van der Waals surface area contributed by atoms with Gasteiger partial charge in [-0.15, -0.1) is 0 Å². The Bertz CT molecular complexity index is 534. The molecule has 3 rings (SSSR count). The molecule has 1 aliphatic heterocycles. The summed E-state index contributed by atoms with van der Waals surface area (Å²) < 4.78 is 1.93. The molecule has 1 saturated heterocycles. The maximum Gasteiger partial charge on any atom is 0.155 e. The van der Waals surface area contributed by atoms with Gasteiger partial charge in [-0.3, -0.25) is 9.78 Å². The van der Waals surface area contributed by atoms with Crippen molar-refractivity contribution in [2.75, 3.05) is 13.1 Å². The summed E-state index contributed by atoms with van der Waals surface area (Å²) in [6.45, 7) is 1.49. The molecule has 1 N–H and O–H groups in total. The second-order valence-electron chi connectivity index (χ2n) is 3.96. The lowest BCUT2D eigenvalue weighted by molar-refractivity contribution is -0.121. The number of hydrogen-bond acceptors (Lipinski definition) is 4. The number of carbonyl (C=O) groups excluding carboxylic acids is 1. The first-order valence-corrected chi connectivity index (χ1v) is 5.36. The topological polar surface area (TPSA) is 59.3 Å². The Morgan fingerprint density at radius 2 is 2.38 bits per heavy atom. The molecular formula is C11H12N4O. The van der Waals surface area contributed by atoms with Gasteiger partial charge in [0.25, 0.3) is 0 Å². The van der Waals surface area contributed by atoms with Crippen molar-refractivity contribution in [2.24, 2.45) is 0 Å². The summed E-state index contributed by atoms with van der Waals surface area (Å²) >= 11 is 0. The van der Waals surface area contributed by atoms with Crippen LogP contribution in [-0.2, 0) is 4.79 Å². The molecule has 82 valence electrons. The van der Waals surface area contributed by atoms with Crippen molar-refractivity contribution in [3.05, 3.63) is 30.5 Å². The van der Waals surface area contributed by atoms with Crippen molar-refractivity contribution >= 4 is 11.4 Å². The summed E-state index contributed by atoms with van der Waals surface area (Å²) in [7, 11) is 0. The van der Waals surface area contributed by atoms with Gasteiger partial charge in [0.1, 0.15) is 5.78 Å². The van der Waals surface area contributed by atoms with E-state index in [1.165, 1.54) is 0 Å². The van der Waals surface area contributed by atoms with E-state index in [2.05, 4.69) is 15.3 Å². The van der Waals surface area contributed by atoms with Gasteiger partial charge in [0, 0.05) is 31.9 Å². The van der Waals surface area contributed by atoms with Crippen LogP contribution >= 0.6 is 0 Å². The molecular weight excluding hydrogens is 204 g/mol. The Labute approximate surface area is 92.5 Å². The molecule has 5 heteroatoms. The number of nitrogens with zero attached hydrogens (tertiary/aromatic N) is 3. The highest BCUT2D eigenvalue weighted by molar-refractivity contribution is 5.86. The summed E-state index contributed by atoms with van der Waals surface area (Å²) in [6.07, 6.45) is 7.62. The normalized spacial score (nSPS) is 21.5. The molecule has 1 atom stereocenters. The zero-order valence-electron chi connectivity index (χ0n) is 8.76. The maximum absolute atomic E-state index is 11.8. The maximum atomic E-state index is 11.8. The number of aromatic nitrogens is 3. The number of nitrogens with one attached hydrogen (secondary N) is 1. The smallest absolute Gasteiger partial charge is 0.155 e. The van der Waals surface area contributed by atoms with Gasteiger partial charge in [0.05, 0.1) is 24.0 Å². The monoisotopic (exact) mass is 216 g/mol. The largest absolute Gasteiger partial charge is 0.315 e. The van der Waals surface area contributed by atoms with Gasteiger partial charge < -0.3 is 9.72 Å². The minimum absolute atomic E-state index is 0.0776. The van der Waals surface area contributed by atoms with Crippen molar-refractivity contribution in [1.82, 2.24) is 19.7 Å². The average molecular weight is 216 g/mol. The number of hydrogen-bond donors (Lipinski definition) is 1. The van der Waals surface area contributed by atoms with Crippen LogP contribution in [0, 0.1) is 0 Å². The second kappa shape index (κ2) is 3.68. The molecule has 0 radical (unpaired) electrons. The number of Topliss-reactive ketones (excluding diaryl/α,β-unsaturated/α-hetero) is 1. The molecule has 0 amide bonds. The van der Waals surface area contributed by atoms with Crippen LogP contribution in [-0.4, -0.2) is 33.2 Å². The fraction of sp³-hybridized carbons (Fsp3) is 0.364.